The zero-order chi connectivity index (χ0) is 18.1. The van der Waals surface area contributed by atoms with Crippen LogP contribution in [-0.2, 0) is 4.79 Å². The molecule has 0 spiro atoms. The van der Waals surface area contributed by atoms with E-state index in [4.69, 9.17) is 5.26 Å². The van der Waals surface area contributed by atoms with E-state index in [1.54, 1.807) is 6.92 Å². The SMILES string of the molecule is CC(C#N)C(=O)NC1CCN(c2nccc3cnc4[nH]ccc4c23)CC1. The van der Waals surface area contributed by atoms with Crippen molar-refractivity contribution in [2.45, 2.75) is 25.8 Å². The van der Waals surface area contributed by atoms with Crippen molar-refractivity contribution in [1.82, 2.24) is 20.3 Å². The van der Waals surface area contributed by atoms with Crippen LogP contribution in [0.5, 0.6) is 0 Å². The van der Waals surface area contributed by atoms with Crippen LogP contribution in [0.4, 0.5) is 5.82 Å². The summed E-state index contributed by atoms with van der Waals surface area (Å²) >= 11 is 0. The van der Waals surface area contributed by atoms with Crippen molar-refractivity contribution in [2.24, 2.45) is 5.92 Å². The first-order valence-corrected chi connectivity index (χ1v) is 8.83. The van der Waals surface area contributed by atoms with Gasteiger partial charge < -0.3 is 15.2 Å². The van der Waals surface area contributed by atoms with Crippen LogP contribution in [0.2, 0.25) is 0 Å². The van der Waals surface area contributed by atoms with Crippen LogP contribution >= 0.6 is 0 Å². The molecule has 0 radical (unpaired) electrons. The number of nitrogens with one attached hydrogen (secondary N) is 2. The van der Waals surface area contributed by atoms with Crippen molar-refractivity contribution in [1.29, 1.82) is 5.26 Å². The van der Waals surface area contributed by atoms with Gasteiger partial charge in [-0.2, -0.15) is 5.26 Å². The maximum atomic E-state index is 11.9. The molecule has 2 N–H and O–H groups in total. The van der Waals surface area contributed by atoms with Crippen LogP contribution in [0.25, 0.3) is 21.8 Å². The molecule has 1 fully saturated rings. The maximum absolute atomic E-state index is 11.9. The highest BCUT2D eigenvalue weighted by molar-refractivity contribution is 6.10. The largest absolute Gasteiger partial charge is 0.356 e. The Labute approximate surface area is 151 Å². The molecule has 0 saturated carbocycles. The number of carbonyl (C=O) groups excluding carboxylic acids is 1. The molecule has 0 bridgehead atoms. The van der Waals surface area contributed by atoms with E-state index >= 15 is 0 Å². The summed E-state index contributed by atoms with van der Waals surface area (Å²) in [6, 6.07) is 6.11. The Morgan fingerprint density at radius 3 is 2.96 bits per heavy atom. The van der Waals surface area contributed by atoms with Gasteiger partial charge in [-0.25, -0.2) is 9.97 Å². The van der Waals surface area contributed by atoms with Gasteiger partial charge in [0.2, 0.25) is 5.91 Å². The van der Waals surface area contributed by atoms with Gasteiger partial charge in [0.05, 0.1) is 6.07 Å². The highest BCUT2D eigenvalue weighted by atomic mass is 16.1. The Hall–Kier alpha value is -3.14. The molecule has 7 heteroatoms. The standard InChI is InChI=1S/C19H20N6O/c1-12(10-20)19(26)24-14-4-8-25(9-5-14)18-16-13(2-6-22-18)11-23-17-15(16)3-7-21-17/h2-3,6-7,11-12,14H,4-5,8-9H2,1H3,(H,21,23)(H,24,26). The first-order valence-electron chi connectivity index (χ1n) is 8.83. The fourth-order valence-electron chi connectivity index (χ4n) is 3.51. The monoisotopic (exact) mass is 348 g/mol. The van der Waals surface area contributed by atoms with Crippen LogP contribution < -0.4 is 10.2 Å². The van der Waals surface area contributed by atoms with Crippen LogP contribution in [-0.4, -0.2) is 40.0 Å². The number of nitriles is 1. The van der Waals surface area contributed by atoms with E-state index in [-0.39, 0.29) is 11.9 Å². The minimum absolute atomic E-state index is 0.110. The molecule has 4 heterocycles. The van der Waals surface area contributed by atoms with Crippen molar-refractivity contribution in [3.63, 3.8) is 0 Å². The minimum Gasteiger partial charge on any atom is -0.356 e. The lowest BCUT2D eigenvalue weighted by atomic mass is 10.0. The average Bonchev–Trinajstić information content (AvgIpc) is 3.16. The van der Waals surface area contributed by atoms with Crippen molar-refractivity contribution in [3.8, 4) is 6.07 Å². The Morgan fingerprint density at radius 2 is 2.19 bits per heavy atom. The molecule has 1 amide bonds. The molecule has 3 aromatic rings. The number of hydrogen-bond acceptors (Lipinski definition) is 5. The number of rotatable bonds is 3. The van der Waals surface area contributed by atoms with Gasteiger partial charge in [-0.1, -0.05) is 0 Å². The van der Waals surface area contributed by atoms with Crippen LogP contribution in [0.15, 0.2) is 30.7 Å². The Kier molecular flexibility index (Phi) is 4.17. The fourth-order valence-corrected chi connectivity index (χ4v) is 3.51. The lowest BCUT2D eigenvalue weighted by Crippen LogP contribution is -2.46. The summed E-state index contributed by atoms with van der Waals surface area (Å²) < 4.78 is 0. The number of piperidine rings is 1. The first-order chi connectivity index (χ1) is 12.7. The lowest BCUT2D eigenvalue weighted by molar-refractivity contribution is -0.123. The van der Waals surface area contributed by atoms with E-state index in [1.165, 1.54) is 0 Å². The number of carbonyl (C=O) groups is 1. The van der Waals surface area contributed by atoms with Crippen molar-refractivity contribution >= 4 is 33.5 Å². The number of nitrogens with zero attached hydrogens (tertiary/aromatic N) is 4. The third kappa shape index (κ3) is 2.84. The number of hydrogen-bond donors (Lipinski definition) is 2. The third-order valence-corrected chi connectivity index (χ3v) is 5.02. The van der Waals surface area contributed by atoms with Crippen LogP contribution in [0, 0.1) is 17.2 Å². The van der Waals surface area contributed by atoms with E-state index in [0.29, 0.717) is 0 Å². The number of amides is 1. The van der Waals surface area contributed by atoms with E-state index < -0.39 is 5.92 Å². The summed E-state index contributed by atoms with van der Waals surface area (Å²) in [5, 5.41) is 15.1. The van der Waals surface area contributed by atoms with E-state index in [1.807, 2.05) is 36.8 Å². The smallest absolute Gasteiger partial charge is 0.237 e. The number of aromatic amines is 1. The van der Waals surface area contributed by atoms with Crippen LogP contribution in [0.3, 0.4) is 0 Å². The van der Waals surface area contributed by atoms with Gasteiger partial charge in [-0.05, 0) is 31.9 Å². The molecule has 1 atom stereocenters. The summed E-state index contributed by atoms with van der Waals surface area (Å²) in [6.07, 6.45) is 7.26. The molecule has 1 aliphatic heterocycles. The van der Waals surface area contributed by atoms with Gasteiger partial charge in [0.1, 0.15) is 17.4 Å². The second-order valence-corrected chi connectivity index (χ2v) is 6.72. The molecule has 3 aromatic heterocycles. The number of H-pyrrole nitrogens is 1. The van der Waals surface area contributed by atoms with Gasteiger partial charge >= 0.3 is 0 Å². The maximum Gasteiger partial charge on any atom is 0.237 e. The van der Waals surface area contributed by atoms with E-state index in [2.05, 4.69) is 25.2 Å². The molecular formula is C19H20N6O. The predicted molar refractivity (Wildman–Crippen MR) is 99.5 cm³/mol. The van der Waals surface area contributed by atoms with Gasteiger partial charge in [0, 0.05) is 53.9 Å². The molecule has 0 aliphatic carbocycles. The zero-order valence-electron chi connectivity index (χ0n) is 14.6. The molecule has 26 heavy (non-hydrogen) atoms. The quantitative estimate of drug-likeness (QED) is 0.757. The topological polar surface area (TPSA) is 97.7 Å². The molecule has 7 nitrogen and oxygen atoms in total. The molecule has 1 aliphatic rings. The van der Waals surface area contributed by atoms with Gasteiger partial charge in [0.15, 0.2) is 0 Å². The summed E-state index contributed by atoms with van der Waals surface area (Å²) in [6.45, 7) is 3.25. The van der Waals surface area contributed by atoms with E-state index in [0.717, 1.165) is 53.6 Å². The molecule has 1 unspecified atom stereocenters. The van der Waals surface area contributed by atoms with Gasteiger partial charge in [-0.3, -0.25) is 4.79 Å². The minimum atomic E-state index is -0.609. The average molecular weight is 348 g/mol. The Bertz CT molecular complexity index is 996. The summed E-state index contributed by atoms with van der Waals surface area (Å²) in [5.41, 5.74) is 0.861. The summed E-state index contributed by atoms with van der Waals surface area (Å²) in [4.78, 5) is 26.4. The molecule has 0 aromatic carbocycles. The highest BCUT2D eigenvalue weighted by Crippen LogP contribution is 2.31. The molecular weight excluding hydrogens is 328 g/mol. The second kappa shape index (κ2) is 6.64. The lowest BCUT2D eigenvalue weighted by Gasteiger charge is -2.34. The van der Waals surface area contributed by atoms with Crippen molar-refractivity contribution < 1.29 is 4.79 Å². The van der Waals surface area contributed by atoms with Gasteiger partial charge in [-0.15, -0.1) is 0 Å². The summed E-state index contributed by atoms with van der Waals surface area (Å²) in [7, 11) is 0. The summed E-state index contributed by atoms with van der Waals surface area (Å²) in [5.74, 6) is 0.168. The van der Waals surface area contributed by atoms with Crippen molar-refractivity contribution in [2.75, 3.05) is 18.0 Å². The molecule has 1 saturated heterocycles. The Morgan fingerprint density at radius 1 is 1.38 bits per heavy atom. The Balaban J connectivity index is 1.56. The first kappa shape index (κ1) is 16.3. The normalized spacial score (nSPS) is 16.5. The third-order valence-electron chi connectivity index (χ3n) is 5.02. The zero-order valence-corrected chi connectivity index (χ0v) is 14.6. The number of aromatic nitrogens is 3. The number of pyridine rings is 2. The second-order valence-electron chi connectivity index (χ2n) is 6.72. The molecule has 132 valence electrons. The predicted octanol–water partition coefficient (Wildman–Crippen LogP) is 2.36. The highest BCUT2D eigenvalue weighted by Gasteiger charge is 2.24. The van der Waals surface area contributed by atoms with Crippen molar-refractivity contribution in [3.05, 3.63) is 30.7 Å². The fraction of sp³-hybridized carbons (Fsp3) is 0.368. The molecule has 4 rings (SSSR count). The van der Waals surface area contributed by atoms with Gasteiger partial charge in [0.25, 0.3) is 0 Å². The number of anilines is 1. The number of fused-ring (bicyclic) bond motifs is 3. The van der Waals surface area contributed by atoms with Crippen LogP contribution in [0.1, 0.15) is 19.8 Å². The van der Waals surface area contributed by atoms with E-state index in [9.17, 15) is 4.79 Å².